The highest BCUT2D eigenvalue weighted by atomic mass is 32.1. The molecule has 0 spiro atoms. The van der Waals surface area contributed by atoms with Crippen molar-refractivity contribution in [2.45, 2.75) is 46.3 Å². The van der Waals surface area contributed by atoms with Gasteiger partial charge < -0.3 is 15.0 Å². The van der Waals surface area contributed by atoms with Crippen LogP contribution < -0.4 is 5.32 Å². The summed E-state index contributed by atoms with van der Waals surface area (Å²) < 4.78 is 5.39. The van der Waals surface area contributed by atoms with Gasteiger partial charge in [0.05, 0.1) is 10.7 Å². The number of carbonyl (C=O) groups excluding carboxylic acids is 1. The summed E-state index contributed by atoms with van der Waals surface area (Å²) in [6.07, 6.45) is 2.78. The second-order valence-electron chi connectivity index (χ2n) is 6.50. The Hall–Kier alpha value is -1.40. The molecule has 1 N–H and O–H groups in total. The van der Waals surface area contributed by atoms with Crippen molar-refractivity contribution in [1.82, 2.24) is 15.2 Å². The molecule has 0 unspecified atom stereocenters. The average molecular weight is 323 g/mol. The number of amides is 1. The van der Waals surface area contributed by atoms with Crippen LogP contribution in [0, 0.1) is 6.92 Å². The molecule has 1 aromatic rings. The Balaban J connectivity index is 1.73. The van der Waals surface area contributed by atoms with Gasteiger partial charge in [0.2, 0.25) is 0 Å². The number of aromatic nitrogens is 1. The van der Waals surface area contributed by atoms with Crippen molar-refractivity contribution < 1.29 is 9.53 Å². The first kappa shape index (κ1) is 17.0. The van der Waals surface area contributed by atoms with E-state index in [0.29, 0.717) is 6.54 Å². The van der Waals surface area contributed by atoms with Gasteiger partial charge in [-0.3, -0.25) is 0 Å². The average Bonchev–Trinajstić information content (AvgIpc) is 2.83. The topological polar surface area (TPSA) is 54.5 Å². The molecule has 0 radical (unpaired) electrons. The summed E-state index contributed by atoms with van der Waals surface area (Å²) >= 11 is 1.67. The molecule has 0 fully saturated rings. The minimum atomic E-state index is -0.436. The van der Waals surface area contributed by atoms with Crippen molar-refractivity contribution in [3.63, 3.8) is 0 Å². The number of hydrogen-bond acceptors (Lipinski definition) is 5. The molecule has 0 saturated carbocycles. The number of ether oxygens (including phenoxy) is 1. The van der Waals surface area contributed by atoms with E-state index in [2.05, 4.69) is 21.8 Å². The van der Waals surface area contributed by atoms with Crippen LogP contribution in [-0.2, 0) is 11.3 Å². The van der Waals surface area contributed by atoms with Crippen molar-refractivity contribution >= 4 is 17.4 Å². The first-order chi connectivity index (χ1) is 10.3. The molecule has 2 rings (SSSR count). The van der Waals surface area contributed by atoms with Crippen molar-refractivity contribution in [1.29, 1.82) is 0 Å². The third kappa shape index (κ3) is 5.42. The van der Waals surface area contributed by atoms with Crippen LogP contribution in [-0.4, -0.2) is 41.2 Å². The standard InChI is InChI=1S/C16H25N3O2S/c1-12-18-14(11-22-12)10-17-9-13-5-7-19(8-6-13)15(20)21-16(2,3)4/h5,11,17H,6-10H2,1-4H3. The first-order valence-corrected chi connectivity index (χ1v) is 8.49. The smallest absolute Gasteiger partial charge is 0.410 e. The minimum absolute atomic E-state index is 0.228. The van der Waals surface area contributed by atoms with E-state index in [1.54, 1.807) is 16.2 Å². The van der Waals surface area contributed by atoms with E-state index in [1.165, 1.54) is 5.57 Å². The van der Waals surface area contributed by atoms with Gasteiger partial charge >= 0.3 is 6.09 Å². The molecule has 6 heteroatoms. The molecule has 122 valence electrons. The highest BCUT2D eigenvalue weighted by molar-refractivity contribution is 7.09. The normalized spacial score (nSPS) is 15.6. The molecule has 1 amide bonds. The number of nitrogens with zero attached hydrogens (tertiary/aromatic N) is 2. The summed E-state index contributed by atoms with van der Waals surface area (Å²) in [5, 5.41) is 6.59. The Morgan fingerprint density at radius 1 is 1.45 bits per heavy atom. The summed E-state index contributed by atoms with van der Waals surface area (Å²) in [6, 6.07) is 0. The van der Waals surface area contributed by atoms with Crippen molar-refractivity contribution in [2.75, 3.05) is 19.6 Å². The molecule has 0 atom stereocenters. The fourth-order valence-corrected chi connectivity index (χ4v) is 2.82. The Morgan fingerprint density at radius 3 is 2.77 bits per heavy atom. The van der Waals surface area contributed by atoms with Gasteiger partial charge in [-0.15, -0.1) is 11.3 Å². The van der Waals surface area contributed by atoms with Crippen LogP contribution in [0.2, 0.25) is 0 Å². The van der Waals surface area contributed by atoms with Crippen LogP contribution in [0.5, 0.6) is 0 Å². The van der Waals surface area contributed by atoms with Gasteiger partial charge in [-0.25, -0.2) is 9.78 Å². The fourth-order valence-electron chi connectivity index (χ4n) is 2.20. The van der Waals surface area contributed by atoms with Gasteiger partial charge in [-0.2, -0.15) is 0 Å². The molecule has 1 aromatic heterocycles. The van der Waals surface area contributed by atoms with Crippen molar-refractivity contribution in [3.8, 4) is 0 Å². The lowest BCUT2D eigenvalue weighted by molar-refractivity contribution is 0.0265. The quantitative estimate of drug-likeness (QED) is 0.865. The molecule has 5 nitrogen and oxygen atoms in total. The molecule has 2 heterocycles. The van der Waals surface area contributed by atoms with Crippen LogP contribution in [0.25, 0.3) is 0 Å². The molecular formula is C16H25N3O2S. The van der Waals surface area contributed by atoms with Crippen LogP contribution in [0.4, 0.5) is 4.79 Å². The zero-order chi connectivity index (χ0) is 16.2. The zero-order valence-corrected chi connectivity index (χ0v) is 14.6. The van der Waals surface area contributed by atoms with E-state index in [9.17, 15) is 4.79 Å². The van der Waals surface area contributed by atoms with Gasteiger partial charge in [-0.1, -0.05) is 11.6 Å². The SMILES string of the molecule is Cc1nc(CNCC2=CCN(C(=O)OC(C)(C)C)CC2)cs1. The molecule has 0 aromatic carbocycles. The highest BCUT2D eigenvalue weighted by Gasteiger charge is 2.23. The lowest BCUT2D eigenvalue weighted by Crippen LogP contribution is -2.39. The molecule has 22 heavy (non-hydrogen) atoms. The van der Waals surface area contributed by atoms with Gasteiger partial charge in [0.1, 0.15) is 5.60 Å². The van der Waals surface area contributed by atoms with Crippen molar-refractivity contribution in [2.24, 2.45) is 0 Å². The number of hydrogen-bond donors (Lipinski definition) is 1. The number of nitrogens with one attached hydrogen (secondary N) is 1. The van der Waals surface area contributed by atoms with E-state index < -0.39 is 5.60 Å². The Bertz CT molecular complexity index is 546. The highest BCUT2D eigenvalue weighted by Crippen LogP contribution is 2.15. The maximum atomic E-state index is 12.0. The van der Waals surface area contributed by atoms with E-state index in [0.717, 1.165) is 36.8 Å². The zero-order valence-electron chi connectivity index (χ0n) is 13.8. The number of aryl methyl sites for hydroxylation is 1. The monoisotopic (exact) mass is 323 g/mol. The molecule has 0 bridgehead atoms. The Labute approximate surface area is 136 Å². The number of carbonyl (C=O) groups is 1. The molecule has 0 saturated heterocycles. The van der Waals surface area contributed by atoms with Crippen LogP contribution in [0.3, 0.4) is 0 Å². The molecular weight excluding hydrogens is 298 g/mol. The lowest BCUT2D eigenvalue weighted by Gasteiger charge is -2.29. The summed E-state index contributed by atoms with van der Waals surface area (Å²) in [4.78, 5) is 18.2. The third-order valence-electron chi connectivity index (χ3n) is 3.28. The fraction of sp³-hybridized carbons (Fsp3) is 0.625. The van der Waals surface area contributed by atoms with E-state index in [4.69, 9.17) is 4.74 Å². The van der Waals surface area contributed by atoms with E-state index >= 15 is 0 Å². The Morgan fingerprint density at radius 2 is 2.23 bits per heavy atom. The summed E-state index contributed by atoms with van der Waals surface area (Å²) in [5.41, 5.74) is 2.00. The third-order valence-corrected chi connectivity index (χ3v) is 4.10. The predicted molar refractivity (Wildman–Crippen MR) is 89.1 cm³/mol. The van der Waals surface area contributed by atoms with Gasteiger partial charge in [0.15, 0.2) is 0 Å². The summed E-state index contributed by atoms with van der Waals surface area (Å²) in [6.45, 7) is 10.7. The van der Waals surface area contributed by atoms with Crippen LogP contribution >= 0.6 is 11.3 Å². The van der Waals surface area contributed by atoms with Gasteiger partial charge in [0, 0.05) is 31.6 Å². The summed E-state index contributed by atoms with van der Waals surface area (Å²) in [5.74, 6) is 0. The maximum Gasteiger partial charge on any atom is 0.410 e. The molecule has 1 aliphatic rings. The number of rotatable bonds is 4. The Kier molecular flexibility index (Phi) is 5.58. The second-order valence-corrected chi connectivity index (χ2v) is 7.56. The van der Waals surface area contributed by atoms with Gasteiger partial charge in [0.25, 0.3) is 0 Å². The van der Waals surface area contributed by atoms with Crippen LogP contribution in [0.15, 0.2) is 17.0 Å². The largest absolute Gasteiger partial charge is 0.444 e. The number of thiazole rings is 1. The second kappa shape index (κ2) is 7.24. The first-order valence-electron chi connectivity index (χ1n) is 7.61. The van der Waals surface area contributed by atoms with Crippen molar-refractivity contribution in [3.05, 3.63) is 27.7 Å². The predicted octanol–water partition coefficient (Wildman–Crippen LogP) is 3.11. The van der Waals surface area contributed by atoms with E-state index in [-0.39, 0.29) is 6.09 Å². The summed E-state index contributed by atoms with van der Waals surface area (Å²) in [7, 11) is 0. The lowest BCUT2D eigenvalue weighted by atomic mass is 10.1. The molecule has 0 aliphatic carbocycles. The van der Waals surface area contributed by atoms with Gasteiger partial charge in [-0.05, 0) is 34.1 Å². The van der Waals surface area contributed by atoms with E-state index in [1.807, 2.05) is 27.7 Å². The molecule has 1 aliphatic heterocycles. The van der Waals surface area contributed by atoms with Crippen LogP contribution in [0.1, 0.15) is 37.9 Å². The maximum absolute atomic E-state index is 12.0. The minimum Gasteiger partial charge on any atom is -0.444 e.